The number of carboxylic acids is 1. The number of alkyl halides is 3. The second kappa shape index (κ2) is 5.12. The van der Waals surface area contributed by atoms with Crippen LogP contribution in [0.1, 0.15) is 21.5 Å². The highest BCUT2D eigenvalue weighted by atomic mass is 35.5. The smallest absolute Gasteiger partial charge is 0.387 e. The van der Waals surface area contributed by atoms with Crippen LogP contribution in [-0.2, 0) is 5.88 Å². The van der Waals surface area contributed by atoms with Crippen LogP contribution in [-0.4, -0.2) is 17.7 Å². The Kier molecular flexibility index (Phi) is 4.06. The van der Waals surface area contributed by atoms with E-state index in [9.17, 15) is 13.6 Å². The first-order valence-electron chi connectivity index (χ1n) is 4.33. The van der Waals surface area contributed by atoms with Crippen molar-refractivity contribution < 1.29 is 23.4 Å². The maximum absolute atomic E-state index is 12.1. The van der Waals surface area contributed by atoms with Gasteiger partial charge in [0, 0.05) is 5.88 Å². The fourth-order valence-electron chi connectivity index (χ4n) is 1.37. The van der Waals surface area contributed by atoms with Gasteiger partial charge in [0.1, 0.15) is 11.3 Å². The van der Waals surface area contributed by atoms with E-state index in [1.807, 2.05) is 0 Å². The fraction of sp³-hybridized carbons (Fsp3) is 0.300. The molecule has 0 atom stereocenters. The van der Waals surface area contributed by atoms with Gasteiger partial charge in [-0.15, -0.1) is 11.6 Å². The molecule has 0 fully saturated rings. The molecule has 0 aromatic heterocycles. The van der Waals surface area contributed by atoms with E-state index in [1.165, 1.54) is 19.1 Å². The second-order valence-electron chi connectivity index (χ2n) is 3.10. The van der Waals surface area contributed by atoms with Crippen LogP contribution in [0.2, 0.25) is 0 Å². The van der Waals surface area contributed by atoms with E-state index in [1.54, 1.807) is 0 Å². The van der Waals surface area contributed by atoms with Gasteiger partial charge < -0.3 is 9.84 Å². The van der Waals surface area contributed by atoms with Gasteiger partial charge in [-0.3, -0.25) is 0 Å². The van der Waals surface area contributed by atoms with Crippen molar-refractivity contribution in [3.8, 4) is 5.75 Å². The summed E-state index contributed by atoms with van der Waals surface area (Å²) in [5, 5.41) is 8.87. The van der Waals surface area contributed by atoms with Crippen LogP contribution in [0, 0.1) is 6.92 Å². The summed E-state index contributed by atoms with van der Waals surface area (Å²) in [7, 11) is 0. The molecule has 1 N–H and O–H groups in total. The van der Waals surface area contributed by atoms with Crippen LogP contribution < -0.4 is 4.74 Å². The van der Waals surface area contributed by atoms with Gasteiger partial charge >= 0.3 is 12.6 Å². The zero-order chi connectivity index (χ0) is 12.3. The lowest BCUT2D eigenvalue weighted by Gasteiger charge is -2.11. The van der Waals surface area contributed by atoms with Gasteiger partial charge in [-0.2, -0.15) is 8.78 Å². The molecule has 0 aliphatic carbocycles. The summed E-state index contributed by atoms with van der Waals surface area (Å²) in [6, 6.07) is 2.73. The molecule has 0 bridgehead atoms. The minimum Gasteiger partial charge on any atom is -0.478 e. The molecule has 0 unspecified atom stereocenters. The fourth-order valence-corrected chi connectivity index (χ4v) is 1.52. The van der Waals surface area contributed by atoms with Gasteiger partial charge in [0.15, 0.2) is 0 Å². The third kappa shape index (κ3) is 2.82. The number of aromatic carboxylic acids is 1. The number of carboxylic acid groups (broad SMARTS) is 1. The molecule has 0 saturated carbocycles. The minimum atomic E-state index is -3.07. The van der Waals surface area contributed by atoms with E-state index in [0.29, 0.717) is 11.1 Å². The highest BCUT2D eigenvalue weighted by Crippen LogP contribution is 2.27. The Labute approximate surface area is 95.6 Å². The molecule has 3 nitrogen and oxygen atoms in total. The molecule has 6 heteroatoms. The van der Waals surface area contributed by atoms with Crippen LogP contribution in [0.5, 0.6) is 5.75 Å². The SMILES string of the molecule is Cc1cc(CCl)cc(OC(F)F)c1C(=O)O. The number of hydrogen-bond acceptors (Lipinski definition) is 2. The summed E-state index contributed by atoms with van der Waals surface area (Å²) in [6.07, 6.45) is 0. The first-order chi connectivity index (χ1) is 7.45. The summed E-state index contributed by atoms with van der Waals surface area (Å²) in [5.41, 5.74) is 0.593. The van der Waals surface area contributed by atoms with E-state index in [2.05, 4.69) is 4.74 Å². The lowest BCUT2D eigenvalue weighted by atomic mass is 10.0. The zero-order valence-corrected chi connectivity index (χ0v) is 9.09. The highest BCUT2D eigenvalue weighted by Gasteiger charge is 2.18. The van der Waals surface area contributed by atoms with E-state index in [4.69, 9.17) is 16.7 Å². The lowest BCUT2D eigenvalue weighted by molar-refractivity contribution is -0.0503. The molecular weight excluding hydrogens is 242 g/mol. The number of carbonyl (C=O) groups is 1. The summed E-state index contributed by atoms with van der Waals surface area (Å²) in [4.78, 5) is 10.9. The molecule has 0 saturated heterocycles. The largest absolute Gasteiger partial charge is 0.478 e. The number of benzene rings is 1. The molecule has 0 spiro atoms. The minimum absolute atomic E-state index is 0.0976. The predicted octanol–water partition coefficient (Wildman–Crippen LogP) is 3.03. The van der Waals surface area contributed by atoms with E-state index < -0.39 is 12.6 Å². The summed E-state index contributed by atoms with van der Waals surface area (Å²) in [5.74, 6) is -1.58. The third-order valence-electron chi connectivity index (χ3n) is 1.94. The molecule has 0 amide bonds. The summed E-state index contributed by atoms with van der Waals surface area (Å²) >= 11 is 5.55. The first kappa shape index (κ1) is 12.7. The maximum Gasteiger partial charge on any atom is 0.387 e. The van der Waals surface area contributed by atoms with Crippen molar-refractivity contribution >= 4 is 17.6 Å². The van der Waals surface area contributed by atoms with Crippen molar-refractivity contribution in [3.05, 3.63) is 28.8 Å². The molecule has 0 radical (unpaired) electrons. The van der Waals surface area contributed by atoms with E-state index >= 15 is 0 Å². The topological polar surface area (TPSA) is 46.5 Å². The van der Waals surface area contributed by atoms with Gasteiger partial charge in [-0.1, -0.05) is 6.07 Å². The average Bonchev–Trinajstić information content (AvgIpc) is 2.14. The van der Waals surface area contributed by atoms with Crippen LogP contribution in [0.4, 0.5) is 8.78 Å². The van der Waals surface area contributed by atoms with E-state index in [-0.39, 0.29) is 17.2 Å². The number of aryl methyl sites for hydroxylation is 1. The number of ether oxygens (including phenoxy) is 1. The van der Waals surface area contributed by atoms with Gasteiger partial charge in [-0.05, 0) is 24.1 Å². The normalized spacial score (nSPS) is 10.6. The van der Waals surface area contributed by atoms with Crippen molar-refractivity contribution in [3.63, 3.8) is 0 Å². The molecule has 0 heterocycles. The van der Waals surface area contributed by atoms with Gasteiger partial charge in [-0.25, -0.2) is 4.79 Å². The molecule has 0 aliphatic rings. The zero-order valence-electron chi connectivity index (χ0n) is 8.34. The second-order valence-corrected chi connectivity index (χ2v) is 3.37. The lowest BCUT2D eigenvalue weighted by Crippen LogP contribution is -2.09. The molecule has 1 rings (SSSR count). The molecular formula is C10H9ClF2O3. The average molecular weight is 251 g/mol. The number of rotatable bonds is 4. The third-order valence-corrected chi connectivity index (χ3v) is 2.25. The summed E-state index contributed by atoms with van der Waals surface area (Å²) in [6.45, 7) is -1.57. The standard InChI is InChI=1S/C10H9ClF2O3/c1-5-2-6(4-11)3-7(16-10(12)13)8(5)9(14)15/h2-3,10H,4H2,1H3,(H,14,15). The van der Waals surface area contributed by atoms with Crippen molar-refractivity contribution in [1.29, 1.82) is 0 Å². The van der Waals surface area contributed by atoms with Crippen molar-refractivity contribution in [2.45, 2.75) is 19.4 Å². The van der Waals surface area contributed by atoms with Gasteiger partial charge in [0.2, 0.25) is 0 Å². The Balaban J connectivity index is 3.28. The Morgan fingerprint density at radius 2 is 2.19 bits per heavy atom. The Morgan fingerprint density at radius 3 is 2.62 bits per heavy atom. The van der Waals surface area contributed by atoms with Crippen LogP contribution >= 0.6 is 11.6 Å². The monoisotopic (exact) mass is 250 g/mol. The van der Waals surface area contributed by atoms with Crippen LogP contribution in [0.15, 0.2) is 12.1 Å². The molecule has 0 aliphatic heterocycles. The van der Waals surface area contributed by atoms with Gasteiger partial charge in [0.25, 0.3) is 0 Å². The molecule has 88 valence electrons. The number of hydrogen-bond donors (Lipinski definition) is 1. The van der Waals surface area contributed by atoms with Crippen LogP contribution in [0.25, 0.3) is 0 Å². The molecule has 1 aromatic rings. The first-order valence-corrected chi connectivity index (χ1v) is 4.86. The van der Waals surface area contributed by atoms with Gasteiger partial charge in [0.05, 0.1) is 0 Å². The van der Waals surface area contributed by atoms with Crippen molar-refractivity contribution in [1.82, 2.24) is 0 Å². The molecule has 16 heavy (non-hydrogen) atoms. The van der Waals surface area contributed by atoms with Crippen LogP contribution in [0.3, 0.4) is 0 Å². The quantitative estimate of drug-likeness (QED) is 0.836. The maximum atomic E-state index is 12.1. The van der Waals surface area contributed by atoms with Crippen molar-refractivity contribution in [2.24, 2.45) is 0 Å². The number of halogens is 3. The predicted molar refractivity (Wildman–Crippen MR) is 54.3 cm³/mol. The highest BCUT2D eigenvalue weighted by molar-refractivity contribution is 6.17. The van der Waals surface area contributed by atoms with Crippen molar-refractivity contribution in [2.75, 3.05) is 0 Å². The Morgan fingerprint density at radius 1 is 1.56 bits per heavy atom. The Hall–Kier alpha value is -1.36. The molecule has 1 aromatic carbocycles. The van der Waals surface area contributed by atoms with E-state index in [0.717, 1.165) is 0 Å². The summed E-state index contributed by atoms with van der Waals surface area (Å²) < 4.78 is 28.3. The Bertz CT molecular complexity index is 407.